The normalized spacial score (nSPS) is 12.3. The van der Waals surface area contributed by atoms with Crippen molar-refractivity contribution in [2.24, 2.45) is 0 Å². The lowest BCUT2D eigenvalue weighted by Gasteiger charge is -2.14. The summed E-state index contributed by atoms with van der Waals surface area (Å²) in [7, 11) is 0. The van der Waals surface area contributed by atoms with Gasteiger partial charge in [-0.05, 0) is 24.3 Å². The van der Waals surface area contributed by atoms with E-state index in [0.717, 1.165) is 0 Å². The molecular formula is C14H7F6O. The van der Waals surface area contributed by atoms with Gasteiger partial charge >= 0.3 is 12.4 Å². The van der Waals surface area contributed by atoms with Crippen LogP contribution in [0.25, 0.3) is 0 Å². The summed E-state index contributed by atoms with van der Waals surface area (Å²) >= 11 is 0. The third-order valence-electron chi connectivity index (χ3n) is 2.47. The van der Waals surface area contributed by atoms with Crippen molar-refractivity contribution in [3.63, 3.8) is 0 Å². The molecular weight excluding hydrogens is 298 g/mol. The van der Waals surface area contributed by atoms with Gasteiger partial charge < -0.3 is 4.74 Å². The Morgan fingerprint density at radius 3 is 1.81 bits per heavy atom. The Balaban J connectivity index is 2.45. The Bertz CT molecular complexity index is 583. The van der Waals surface area contributed by atoms with Crippen LogP contribution in [0.1, 0.15) is 11.1 Å². The van der Waals surface area contributed by atoms with Gasteiger partial charge in [0.1, 0.15) is 11.5 Å². The van der Waals surface area contributed by atoms with E-state index in [1.807, 2.05) is 0 Å². The molecule has 111 valence electrons. The van der Waals surface area contributed by atoms with Gasteiger partial charge in [0.25, 0.3) is 0 Å². The largest absolute Gasteiger partial charge is 0.457 e. The molecule has 0 saturated carbocycles. The van der Waals surface area contributed by atoms with E-state index in [1.165, 1.54) is 18.2 Å². The quantitative estimate of drug-likeness (QED) is 0.683. The van der Waals surface area contributed by atoms with Gasteiger partial charge in [0.15, 0.2) is 0 Å². The summed E-state index contributed by atoms with van der Waals surface area (Å²) in [5.74, 6) is -0.537. The average molecular weight is 305 g/mol. The maximum Gasteiger partial charge on any atom is 0.416 e. The maximum atomic E-state index is 12.6. The molecule has 2 aromatic carbocycles. The van der Waals surface area contributed by atoms with E-state index >= 15 is 0 Å². The fourth-order valence-electron chi connectivity index (χ4n) is 1.55. The van der Waals surface area contributed by atoms with E-state index in [2.05, 4.69) is 6.07 Å². The monoisotopic (exact) mass is 305 g/mol. The predicted octanol–water partition coefficient (Wildman–Crippen LogP) is 5.32. The lowest BCUT2D eigenvalue weighted by Crippen LogP contribution is -2.11. The summed E-state index contributed by atoms with van der Waals surface area (Å²) in [4.78, 5) is 0. The van der Waals surface area contributed by atoms with Crippen molar-refractivity contribution in [3.8, 4) is 11.5 Å². The van der Waals surface area contributed by atoms with Crippen LogP contribution in [0.3, 0.4) is 0 Å². The molecule has 2 rings (SSSR count). The Labute approximate surface area is 115 Å². The van der Waals surface area contributed by atoms with Gasteiger partial charge in [-0.2, -0.15) is 26.3 Å². The number of halogens is 6. The lowest BCUT2D eigenvalue weighted by atomic mass is 10.1. The van der Waals surface area contributed by atoms with Crippen molar-refractivity contribution in [1.29, 1.82) is 0 Å². The van der Waals surface area contributed by atoms with Crippen LogP contribution >= 0.6 is 0 Å². The van der Waals surface area contributed by atoms with Crippen LogP contribution in [0.15, 0.2) is 42.5 Å². The van der Waals surface area contributed by atoms with Crippen LogP contribution < -0.4 is 4.74 Å². The maximum absolute atomic E-state index is 12.6. The molecule has 0 spiro atoms. The molecule has 0 aliphatic rings. The molecule has 0 amide bonds. The molecule has 0 atom stereocenters. The van der Waals surface area contributed by atoms with Crippen LogP contribution in [0, 0.1) is 6.07 Å². The van der Waals surface area contributed by atoms with Crippen molar-refractivity contribution in [2.45, 2.75) is 12.4 Å². The topological polar surface area (TPSA) is 9.23 Å². The lowest BCUT2D eigenvalue weighted by molar-refractivity contribution is -0.143. The van der Waals surface area contributed by atoms with Gasteiger partial charge in [-0.25, -0.2) is 0 Å². The van der Waals surface area contributed by atoms with Crippen LogP contribution in [0.2, 0.25) is 0 Å². The van der Waals surface area contributed by atoms with Crippen molar-refractivity contribution in [1.82, 2.24) is 0 Å². The zero-order chi connectivity index (χ0) is 15.7. The molecule has 7 heteroatoms. The van der Waals surface area contributed by atoms with Crippen molar-refractivity contribution < 1.29 is 31.1 Å². The molecule has 0 saturated heterocycles. The number of hydrogen-bond acceptors (Lipinski definition) is 1. The zero-order valence-corrected chi connectivity index (χ0v) is 10.2. The second kappa shape index (κ2) is 5.31. The number of ether oxygens (including phenoxy) is 1. The van der Waals surface area contributed by atoms with Gasteiger partial charge in [-0.3, -0.25) is 0 Å². The third kappa shape index (κ3) is 3.90. The minimum atomic E-state index is -4.90. The zero-order valence-electron chi connectivity index (χ0n) is 10.2. The molecule has 0 aliphatic carbocycles. The van der Waals surface area contributed by atoms with E-state index in [1.54, 1.807) is 6.07 Å². The Hall–Kier alpha value is -2.18. The first-order valence-electron chi connectivity index (χ1n) is 5.60. The number of rotatable bonds is 2. The first kappa shape index (κ1) is 15.2. The second-order valence-corrected chi connectivity index (χ2v) is 4.07. The molecule has 0 heterocycles. The molecule has 0 N–H and O–H groups in total. The minimum Gasteiger partial charge on any atom is -0.457 e. The summed E-state index contributed by atoms with van der Waals surface area (Å²) < 4.78 is 80.9. The highest BCUT2D eigenvalue weighted by atomic mass is 19.4. The van der Waals surface area contributed by atoms with Crippen LogP contribution in [-0.4, -0.2) is 0 Å². The summed E-state index contributed by atoms with van der Waals surface area (Å²) in [5, 5.41) is 0. The molecule has 0 bridgehead atoms. The smallest absolute Gasteiger partial charge is 0.416 e. The third-order valence-corrected chi connectivity index (χ3v) is 2.47. The van der Waals surface area contributed by atoms with E-state index in [9.17, 15) is 26.3 Å². The Kier molecular flexibility index (Phi) is 3.85. The van der Waals surface area contributed by atoms with Gasteiger partial charge in [-0.15, -0.1) is 0 Å². The number of benzene rings is 2. The van der Waals surface area contributed by atoms with Crippen molar-refractivity contribution in [2.75, 3.05) is 0 Å². The molecule has 0 fully saturated rings. The first-order valence-corrected chi connectivity index (χ1v) is 5.60. The van der Waals surface area contributed by atoms with Crippen molar-refractivity contribution in [3.05, 3.63) is 59.7 Å². The Morgan fingerprint density at radius 2 is 1.38 bits per heavy atom. The second-order valence-electron chi connectivity index (χ2n) is 4.07. The minimum absolute atomic E-state index is 0.0185. The first-order chi connectivity index (χ1) is 9.66. The summed E-state index contributed by atoms with van der Waals surface area (Å²) in [6.45, 7) is 0. The van der Waals surface area contributed by atoms with Gasteiger partial charge in [0.05, 0.1) is 11.1 Å². The molecule has 1 radical (unpaired) electrons. The summed E-state index contributed by atoms with van der Waals surface area (Å²) in [6.07, 6.45) is -9.81. The fraction of sp³-hybridized carbons (Fsp3) is 0.143. The summed E-state index contributed by atoms with van der Waals surface area (Å²) in [5.41, 5.74) is -2.86. The van der Waals surface area contributed by atoms with Crippen LogP contribution in [0.4, 0.5) is 26.3 Å². The van der Waals surface area contributed by atoms with E-state index in [4.69, 9.17) is 4.74 Å². The molecule has 0 aromatic heterocycles. The number of para-hydroxylation sites is 1. The highest BCUT2D eigenvalue weighted by Crippen LogP contribution is 2.39. The SMILES string of the molecule is FC(F)(F)c1cc(Oc2[c]cccc2)cc(C(F)(F)F)c1. The van der Waals surface area contributed by atoms with E-state index in [0.29, 0.717) is 12.1 Å². The van der Waals surface area contributed by atoms with Crippen LogP contribution in [-0.2, 0) is 12.4 Å². The molecule has 21 heavy (non-hydrogen) atoms. The van der Waals surface area contributed by atoms with Crippen molar-refractivity contribution >= 4 is 0 Å². The summed E-state index contributed by atoms with van der Waals surface area (Å²) in [6, 6.07) is 9.51. The fourth-order valence-corrected chi connectivity index (χ4v) is 1.55. The number of hydrogen-bond donors (Lipinski definition) is 0. The number of alkyl halides is 6. The highest BCUT2D eigenvalue weighted by Gasteiger charge is 2.37. The van der Waals surface area contributed by atoms with Gasteiger partial charge in [-0.1, -0.05) is 18.2 Å². The van der Waals surface area contributed by atoms with E-state index < -0.39 is 29.2 Å². The average Bonchev–Trinajstić information content (AvgIpc) is 2.37. The Morgan fingerprint density at radius 1 is 0.810 bits per heavy atom. The van der Waals surface area contributed by atoms with Gasteiger partial charge in [0, 0.05) is 6.07 Å². The predicted molar refractivity (Wildman–Crippen MR) is 61.8 cm³/mol. The molecule has 0 aliphatic heterocycles. The molecule has 1 nitrogen and oxygen atoms in total. The highest BCUT2D eigenvalue weighted by molar-refractivity contribution is 5.39. The van der Waals surface area contributed by atoms with E-state index in [-0.39, 0.29) is 11.8 Å². The van der Waals surface area contributed by atoms with Gasteiger partial charge in [0.2, 0.25) is 0 Å². The van der Waals surface area contributed by atoms with Crippen LogP contribution in [0.5, 0.6) is 11.5 Å². The molecule has 0 unspecified atom stereocenters. The molecule has 2 aromatic rings. The standard InChI is InChI=1S/C14H7F6O/c15-13(16,17)9-6-10(14(18,19)20)8-12(7-9)21-11-4-2-1-3-5-11/h1-4,6-8H.